The average molecular weight is 1850 g/mol. The van der Waals surface area contributed by atoms with Crippen LogP contribution in [0, 0.1) is 0 Å². The van der Waals surface area contributed by atoms with Crippen molar-refractivity contribution in [2.45, 2.75) is 322 Å². The number of carboxylic acids is 5. The van der Waals surface area contributed by atoms with Crippen LogP contribution in [0.25, 0.3) is 0 Å². The molecule has 4 saturated heterocycles. The third-order valence-electron chi connectivity index (χ3n) is 20.6. The van der Waals surface area contributed by atoms with Gasteiger partial charge in [-0.3, -0.25) is 71.9 Å². The second-order valence-electron chi connectivity index (χ2n) is 31.0. The number of nitrogens with two attached hydrogens (primary N) is 1. The summed E-state index contributed by atoms with van der Waals surface area (Å²) < 4.78 is 47.2. The molecule has 13 amide bonds. The summed E-state index contributed by atoms with van der Waals surface area (Å²) >= 11 is 0. The van der Waals surface area contributed by atoms with E-state index in [2.05, 4.69) is 69.1 Å². The average Bonchev–Trinajstić information content (AvgIpc) is 1.54. The standard InChI is InChI=1S/C74H120N14O40/c1-26(76-63(107)30(5)122-56(42(21-89)80-32(7)93)57(43(97)22-90)127-73-49(81-33(8)94)54(102)52(100)44(23-91)124-73)60(104)87-40(70(117)118)17-19-47(98)84-37(14-11-13-36(75)68(113)114)65(109)78-28(3)62(106)86-39(69(115)116)16-12-15-38(66(110)79-29(4)67(111)112)85-48(99)20-18-41(71(119)120)88-61(105)27(2)77-64(108)31(6)123-59-51(83-35(10)96)72-121-25-46(126-72)58(59)128-74-50(82-34(9)95)55(103)53(101)45(24-92)125-74/h26-31,36-46,49-59,72-74,89-92,97,100-103H,11-25,75H2,1-10H3,(H,76,107)(H,77,108)(H,78,109)(H,79,110)(H,80,93)(H,81,94)(H,82,95)(H,83,96)(H,84,98)(H,85,99)(H,86,106)(H,87,104)(H,88,105)(H,111,112)(H,113,114)(H,115,116)(H,117,118)(H,119,120). The zero-order valence-electron chi connectivity index (χ0n) is 71.5. The lowest BCUT2D eigenvalue weighted by Crippen LogP contribution is -2.68. The lowest BCUT2D eigenvalue weighted by molar-refractivity contribution is -0.313. The van der Waals surface area contributed by atoms with Crippen LogP contribution in [0.2, 0.25) is 0 Å². The number of aliphatic hydroxyl groups excluding tert-OH is 9. The number of hydrogen-bond donors (Lipinski definition) is 28. The molecular formula is C74H120N14O40. The van der Waals surface area contributed by atoms with E-state index in [9.17, 15) is 158 Å². The van der Waals surface area contributed by atoms with Crippen molar-refractivity contribution >= 4 is 107 Å². The van der Waals surface area contributed by atoms with Crippen molar-refractivity contribution in [2.24, 2.45) is 5.73 Å². The highest BCUT2D eigenvalue weighted by atomic mass is 16.8. The van der Waals surface area contributed by atoms with E-state index >= 15 is 0 Å². The van der Waals surface area contributed by atoms with Crippen molar-refractivity contribution in [1.29, 1.82) is 0 Å². The van der Waals surface area contributed by atoms with E-state index in [1.165, 1.54) is 6.92 Å². The van der Waals surface area contributed by atoms with Crippen molar-refractivity contribution < 1.29 is 196 Å². The molecule has 54 nitrogen and oxygen atoms in total. The van der Waals surface area contributed by atoms with E-state index in [0.717, 1.165) is 62.3 Å². The molecule has 0 saturated carbocycles. The van der Waals surface area contributed by atoms with Gasteiger partial charge in [0.1, 0.15) is 164 Å². The molecule has 29 N–H and O–H groups in total. The Balaban J connectivity index is 1.40. The number of ether oxygens (including phenoxy) is 8. The fourth-order valence-electron chi connectivity index (χ4n) is 13.6. The van der Waals surface area contributed by atoms with Gasteiger partial charge in [-0.1, -0.05) is 0 Å². The SMILES string of the molecule is CC(=O)NC(CO)C(OC(C)C(=O)NC(C)C(=O)NC(CCC(=O)NC(CCCC(N)C(=O)O)C(=O)NC(C)C(=O)NC(CCCC(NC(=O)CCC(NC(=O)C(C)NC(=O)C(C)OC1C(NC(C)=O)C2OCC(O2)C1OC1OC(CO)C(O)C(O)C1NC(C)=O)C(=O)O)C(=O)NC(C)C(=O)O)C(=O)O)C(=O)O)C(OC1OC(CO)C(O)C(O)C1NC(C)=O)C(O)CO. The highest BCUT2D eigenvalue weighted by Gasteiger charge is 2.57. The Kier molecular flexibility index (Phi) is 45.1. The van der Waals surface area contributed by atoms with Crippen LogP contribution in [-0.4, -0.2) is 400 Å². The Bertz CT molecular complexity index is 3840. The number of nitrogens with one attached hydrogen (secondary N) is 13. The van der Waals surface area contributed by atoms with Gasteiger partial charge in [-0.25, -0.2) is 14.4 Å². The first-order valence-corrected chi connectivity index (χ1v) is 40.6. The smallest absolute Gasteiger partial charge is 0.326 e. The van der Waals surface area contributed by atoms with Gasteiger partial charge in [-0.2, -0.15) is 0 Å². The van der Waals surface area contributed by atoms with Crippen LogP contribution < -0.4 is 74.9 Å². The number of rotatable bonds is 54. The quantitative estimate of drug-likeness (QED) is 0.0269. The monoisotopic (exact) mass is 1840 g/mol. The summed E-state index contributed by atoms with van der Waals surface area (Å²) in [4.78, 5) is 233. The molecule has 0 aromatic carbocycles. The number of hydrogen-bond acceptors (Lipinski definition) is 36. The third-order valence-corrected chi connectivity index (χ3v) is 20.6. The number of carbonyl (C=O) groups is 18. The molecule has 31 atom stereocenters. The van der Waals surface area contributed by atoms with E-state index in [4.69, 9.17) is 43.6 Å². The summed E-state index contributed by atoms with van der Waals surface area (Å²) in [5.41, 5.74) is 5.65. The van der Waals surface area contributed by atoms with Crippen LogP contribution in [0.3, 0.4) is 0 Å². The second kappa shape index (κ2) is 52.4. The molecule has 31 unspecified atom stereocenters. The van der Waals surface area contributed by atoms with Gasteiger partial charge in [0.2, 0.25) is 76.8 Å². The number of fused-ring (bicyclic) bond motifs is 2. The lowest BCUT2D eigenvalue weighted by atomic mass is 9.95. The molecule has 4 fully saturated rings. The largest absolute Gasteiger partial charge is 0.480 e. The van der Waals surface area contributed by atoms with Gasteiger partial charge in [0.05, 0.1) is 39.1 Å². The molecule has 54 heteroatoms. The minimum absolute atomic E-state index is 0.196. The minimum Gasteiger partial charge on any atom is -0.480 e. The number of aliphatic carboxylic acids is 5. The highest BCUT2D eigenvalue weighted by molar-refractivity contribution is 5.95. The molecule has 4 heterocycles. The molecule has 0 radical (unpaired) electrons. The molecule has 4 rings (SSSR count). The van der Waals surface area contributed by atoms with E-state index in [-0.39, 0.29) is 25.9 Å². The van der Waals surface area contributed by atoms with Gasteiger partial charge in [0, 0.05) is 40.5 Å². The van der Waals surface area contributed by atoms with Gasteiger partial charge in [-0.15, -0.1) is 0 Å². The molecule has 0 aromatic heterocycles. The molecule has 128 heavy (non-hydrogen) atoms. The minimum atomic E-state index is -2.07. The van der Waals surface area contributed by atoms with Gasteiger partial charge in [0.25, 0.3) is 0 Å². The Morgan fingerprint density at radius 1 is 0.398 bits per heavy atom. The maximum Gasteiger partial charge on any atom is 0.326 e. The van der Waals surface area contributed by atoms with E-state index in [1.807, 2.05) is 0 Å². The molecule has 0 aliphatic carbocycles. The molecule has 4 aliphatic heterocycles. The van der Waals surface area contributed by atoms with Crippen LogP contribution in [0.5, 0.6) is 0 Å². The first kappa shape index (κ1) is 110. The zero-order chi connectivity index (χ0) is 96.7. The summed E-state index contributed by atoms with van der Waals surface area (Å²) in [5, 5.41) is 174. The van der Waals surface area contributed by atoms with E-state index in [0.29, 0.717) is 0 Å². The van der Waals surface area contributed by atoms with Crippen molar-refractivity contribution in [3.05, 3.63) is 0 Å². The topological polar surface area (TPSA) is 847 Å². The first-order chi connectivity index (χ1) is 59.9. The van der Waals surface area contributed by atoms with E-state index < -0.39 is 367 Å². The predicted octanol–water partition coefficient (Wildman–Crippen LogP) is -13.6. The van der Waals surface area contributed by atoms with Crippen molar-refractivity contribution in [3.63, 3.8) is 0 Å². The maximum absolute atomic E-state index is 13.9. The summed E-state index contributed by atoms with van der Waals surface area (Å²) in [6.07, 6.45) is -33.6. The third kappa shape index (κ3) is 33.7. The van der Waals surface area contributed by atoms with Crippen LogP contribution in [-0.2, 0) is 124 Å². The Labute approximate surface area is 730 Å². The Morgan fingerprint density at radius 2 is 0.805 bits per heavy atom. The van der Waals surface area contributed by atoms with E-state index in [1.54, 1.807) is 0 Å². The summed E-state index contributed by atoms with van der Waals surface area (Å²) in [6, 6.07) is -23.1. The van der Waals surface area contributed by atoms with Gasteiger partial charge >= 0.3 is 29.8 Å². The van der Waals surface area contributed by atoms with Crippen LogP contribution in [0.15, 0.2) is 0 Å². The Hall–Kier alpha value is -10.3. The summed E-state index contributed by atoms with van der Waals surface area (Å²) in [6.45, 7) is 6.69. The fraction of sp³-hybridized carbons (Fsp3) is 0.757. The number of aliphatic hydroxyl groups is 9. The molecule has 2 bridgehead atoms. The number of amides is 13. The van der Waals surface area contributed by atoms with Gasteiger partial charge in [0.15, 0.2) is 18.9 Å². The van der Waals surface area contributed by atoms with Crippen molar-refractivity contribution in [1.82, 2.24) is 69.1 Å². The Morgan fingerprint density at radius 3 is 1.22 bits per heavy atom. The summed E-state index contributed by atoms with van der Waals surface area (Å²) in [7, 11) is 0. The van der Waals surface area contributed by atoms with Crippen molar-refractivity contribution in [3.8, 4) is 0 Å². The predicted molar refractivity (Wildman–Crippen MR) is 422 cm³/mol. The lowest BCUT2D eigenvalue weighted by Gasteiger charge is -2.47. The number of carboxylic acid groups (broad SMARTS) is 5. The number of carbonyl (C=O) groups excluding carboxylic acids is 13. The molecule has 0 aromatic rings. The second-order valence-corrected chi connectivity index (χ2v) is 31.0. The summed E-state index contributed by atoms with van der Waals surface area (Å²) in [5.74, 6) is -21.3. The molecule has 0 spiro atoms. The molecular weight excluding hydrogens is 1720 g/mol. The normalized spacial score (nSPS) is 26.2. The van der Waals surface area contributed by atoms with Crippen LogP contribution in [0.1, 0.15) is 133 Å². The van der Waals surface area contributed by atoms with Crippen molar-refractivity contribution in [2.75, 3.05) is 33.0 Å². The fourth-order valence-corrected chi connectivity index (χ4v) is 13.6. The van der Waals surface area contributed by atoms with Crippen LogP contribution >= 0.6 is 0 Å². The van der Waals surface area contributed by atoms with Gasteiger partial charge < -0.3 is 184 Å². The maximum atomic E-state index is 13.9. The first-order valence-electron chi connectivity index (χ1n) is 40.6. The molecule has 726 valence electrons. The van der Waals surface area contributed by atoms with Crippen LogP contribution in [0.4, 0.5) is 0 Å². The van der Waals surface area contributed by atoms with Gasteiger partial charge in [-0.05, 0) is 92.9 Å². The highest BCUT2D eigenvalue weighted by Crippen LogP contribution is 2.36. The zero-order valence-corrected chi connectivity index (χ0v) is 71.5. The molecule has 4 aliphatic rings.